The quantitative estimate of drug-likeness (QED) is 0.650. The van der Waals surface area contributed by atoms with Gasteiger partial charge in [-0.15, -0.1) is 0 Å². The van der Waals surface area contributed by atoms with E-state index in [1.807, 2.05) is 25.1 Å². The summed E-state index contributed by atoms with van der Waals surface area (Å²) < 4.78 is 10.4. The van der Waals surface area contributed by atoms with Crippen LogP contribution < -0.4 is 4.74 Å². The van der Waals surface area contributed by atoms with E-state index in [2.05, 4.69) is 9.36 Å². The third-order valence-corrected chi connectivity index (χ3v) is 4.56. The molecule has 0 aliphatic rings. The van der Waals surface area contributed by atoms with Crippen LogP contribution in [0.1, 0.15) is 17.0 Å². The fourth-order valence-electron chi connectivity index (χ4n) is 1.66. The molecule has 5 nitrogen and oxygen atoms in total. The van der Waals surface area contributed by atoms with E-state index in [-0.39, 0.29) is 0 Å². The van der Waals surface area contributed by atoms with Crippen molar-refractivity contribution in [1.82, 2.24) is 9.36 Å². The lowest BCUT2D eigenvalue weighted by Crippen LogP contribution is -1.92. The van der Waals surface area contributed by atoms with Crippen molar-refractivity contribution in [2.45, 2.75) is 17.0 Å². The number of aromatic nitrogens is 2. The number of methoxy groups -OCH3 is 1. The molecule has 0 spiro atoms. The molecule has 1 N–H and O–H groups in total. The van der Waals surface area contributed by atoms with Crippen molar-refractivity contribution in [1.29, 1.82) is 0 Å². The van der Waals surface area contributed by atoms with Crippen LogP contribution in [-0.2, 0) is 10.5 Å². The van der Waals surface area contributed by atoms with Gasteiger partial charge in [-0.2, -0.15) is 4.37 Å². The van der Waals surface area contributed by atoms with Gasteiger partial charge in [0.1, 0.15) is 11.6 Å². The van der Waals surface area contributed by atoms with E-state index in [1.54, 1.807) is 24.9 Å². The minimum Gasteiger partial charge on any atom is -0.496 e. The van der Waals surface area contributed by atoms with Gasteiger partial charge in [-0.05, 0) is 42.2 Å². The topological polar surface area (TPSA) is 72.3 Å². The van der Waals surface area contributed by atoms with E-state index in [9.17, 15) is 4.79 Å². The zero-order chi connectivity index (χ0) is 15.2. The lowest BCUT2D eigenvalue weighted by Gasteiger charge is -2.08. The molecular weight excluding hydrogens is 308 g/mol. The van der Waals surface area contributed by atoms with Crippen molar-refractivity contribution in [3.63, 3.8) is 0 Å². The Kier molecular flexibility index (Phi) is 5.35. The van der Waals surface area contributed by atoms with Gasteiger partial charge in [0, 0.05) is 17.4 Å². The number of aryl methyl sites for hydroxylation is 1. The number of ether oxygens (including phenoxy) is 1. The van der Waals surface area contributed by atoms with Crippen molar-refractivity contribution < 1.29 is 14.6 Å². The first kappa shape index (κ1) is 15.5. The van der Waals surface area contributed by atoms with Gasteiger partial charge in [-0.3, -0.25) is 0 Å². The summed E-state index contributed by atoms with van der Waals surface area (Å²) in [5.74, 6) is 1.27. The molecule has 0 amide bonds. The summed E-state index contributed by atoms with van der Waals surface area (Å²) in [7, 11) is 1.62. The fourth-order valence-corrected chi connectivity index (χ4v) is 3.28. The summed E-state index contributed by atoms with van der Waals surface area (Å²) in [4.78, 5) is 14.9. The number of benzene rings is 1. The number of carboxylic acid groups (broad SMARTS) is 1. The molecule has 0 bridgehead atoms. The summed E-state index contributed by atoms with van der Waals surface area (Å²) in [5.41, 5.74) is 1.81. The lowest BCUT2D eigenvalue weighted by atomic mass is 10.1. The molecule has 0 unspecified atom stereocenters. The van der Waals surface area contributed by atoms with Crippen molar-refractivity contribution in [3.05, 3.63) is 41.2 Å². The highest BCUT2D eigenvalue weighted by atomic mass is 32.2. The van der Waals surface area contributed by atoms with Gasteiger partial charge in [0.05, 0.1) is 7.11 Å². The Morgan fingerprint density at radius 1 is 1.52 bits per heavy atom. The molecule has 2 rings (SSSR count). The van der Waals surface area contributed by atoms with Crippen LogP contribution in [0.25, 0.3) is 6.08 Å². The van der Waals surface area contributed by atoms with Crippen LogP contribution in [0.2, 0.25) is 0 Å². The van der Waals surface area contributed by atoms with Gasteiger partial charge in [0.15, 0.2) is 4.34 Å². The molecule has 110 valence electrons. The van der Waals surface area contributed by atoms with E-state index < -0.39 is 5.97 Å². The summed E-state index contributed by atoms with van der Waals surface area (Å²) in [6.45, 7) is 1.86. The van der Waals surface area contributed by atoms with Crippen molar-refractivity contribution in [2.24, 2.45) is 0 Å². The Balaban J connectivity index is 2.15. The largest absolute Gasteiger partial charge is 0.496 e. The Hall–Kier alpha value is -1.86. The molecule has 0 saturated heterocycles. The van der Waals surface area contributed by atoms with E-state index in [1.165, 1.54) is 11.5 Å². The molecule has 0 aliphatic heterocycles. The molecule has 0 fully saturated rings. The van der Waals surface area contributed by atoms with Crippen LogP contribution in [0.3, 0.4) is 0 Å². The third kappa shape index (κ3) is 4.57. The number of thioether (sulfide) groups is 1. The van der Waals surface area contributed by atoms with Gasteiger partial charge < -0.3 is 9.84 Å². The predicted molar refractivity (Wildman–Crippen MR) is 83.9 cm³/mol. The highest BCUT2D eigenvalue weighted by molar-refractivity contribution is 8.00. The number of aliphatic carboxylic acids is 1. The molecule has 0 saturated carbocycles. The smallest absolute Gasteiger partial charge is 0.328 e. The second kappa shape index (κ2) is 7.24. The molecule has 7 heteroatoms. The minimum atomic E-state index is -0.967. The number of carboxylic acids is 1. The number of carbonyl (C=O) groups is 1. The second-order valence-corrected chi connectivity index (χ2v) is 6.11. The van der Waals surface area contributed by atoms with Crippen LogP contribution in [0.4, 0.5) is 0 Å². The normalized spacial score (nSPS) is 11.0. The van der Waals surface area contributed by atoms with Gasteiger partial charge in [0.25, 0.3) is 0 Å². The molecule has 1 aromatic heterocycles. The van der Waals surface area contributed by atoms with Gasteiger partial charge in [-0.25, -0.2) is 9.78 Å². The van der Waals surface area contributed by atoms with Gasteiger partial charge in [0.2, 0.25) is 0 Å². The number of hydrogen-bond acceptors (Lipinski definition) is 6. The molecular formula is C14H14N2O3S2. The average molecular weight is 322 g/mol. The summed E-state index contributed by atoms with van der Waals surface area (Å²) in [6, 6.07) is 5.57. The lowest BCUT2D eigenvalue weighted by molar-refractivity contribution is -0.131. The first-order chi connectivity index (χ1) is 10.1. The van der Waals surface area contributed by atoms with E-state index in [4.69, 9.17) is 9.84 Å². The first-order valence-electron chi connectivity index (χ1n) is 6.09. The van der Waals surface area contributed by atoms with E-state index in [0.717, 1.165) is 33.1 Å². The Morgan fingerprint density at radius 2 is 2.33 bits per heavy atom. The molecule has 0 radical (unpaired) electrons. The maximum absolute atomic E-state index is 10.6. The summed E-state index contributed by atoms with van der Waals surface area (Å²) in [5, 5.41) is 8.67. The predicted octanol–water partition coefficient (Wildman–Crippen LogP) is 3.25. The standard InChI is InChI=1S/C14H14N2O3S2/c1-9-15-14(21-16-9)20-8-11-7-10(4-6-13(17)18)3-5-12(11)19-2/h3-7H,8H2,1-2H3,(H,17,18)/b6-4+. The van der Waals surface area contributed by atoms with Gasteiger partial charge in [-0.1, -0.05) is 17.8 Å². The van der Waals surface area contributed by atoms with Crippen molar-refractivity contribution in [3.8, 4) is 5.75 Å². The van der Waals surface area contributed by atoms with Crippen LogP contribution in [0.5, 0.6) is 5.75 Å². The monoisotopic (exact) mass is 322 g/mol. The Labute approximate surface area is 130 Å². The zero-order valence-electron chi connectivity index (χ0n) is 11.6. The first-order valence-corrected chi connectivity index (χ1v) is 7.85. The highest BCUT2D eigenvalue weighted by Crippen LogP contribution is 2.29. The maximum Gasteiger partial charge on any atom is 0.328 e. The molecule has 2 aromatic rings. The Morgan fingerprint density at radius 3 is 2.95 bits per heavy atom. The van der Waals surface area contributed by atoms with Gasteiger partial charge >= 0.3 is 5.97 Å². The van der Waals surface area contributed by atoms with E-state index >= 15 is 0 Å². The zero-order valence-corrected chi connectivity index (χ0v) is 13.2. The average Bonchev–Trinajstić information content (AvgIpc) is 2.88. The molecule has 1 aromatic carbocycles. The van der Waals surface area contributed by atoms with Crippen LogP contribution in [0.15, 0.2) is 28.6 Å². The number of nitrogens with zero attached hydrogens (tertiary/aromatic N) is 2. The number of hydrogen-bond donors (Lipinski definition) is 1. The van der Waals surface area contributed by atoms with Crippen molar-refractivity contribution in [2.75, 3.05) is 7.11 Å². The second-order valence-electron chi connectivity index (χ2n) is 4.14. The molecule has 0 atom stereocenters. The van der Waals surface area contributed by atoms with Crippen LogP contribution >= 0.6 is 23.3 Å². The van der Waals surface area contributed by atoms with Crippen molar-refractivity contribution >= 4 is 35.3 Å². The van der Waals surface area contributed by atoms with E-state index in [0.29, 0.717) is 5.75 Å². The summed E-state index contributed by atoms with van der Waals surface area (Å²) in [6.07, 6.45) is 2.68. The SMILES string of the molecule is COc1ccc(/C=C/C(=O)O)cc1CSc1nc(C)ns1. The fraction of sp³-hybridized carbons (Fsp3) is 0.214. The maximum atomic E-state index is 10.6. The molecule has 1 heterocycles. The molecule has 21 heavy (non-hydrogen) atoms. The highest BCUT2D eigenvalue weighted by Gasteiger charge is 2.07. The minimum absolute atomic E-state index is 0.687. The number of rotatable bonds is 6. The summed E-state index contributed by atoms with van der Waals surface area (Å²) >= 11 is 2.95. The third-order valence-electron chi connectivity index (χ3n) is 2.58. The van der Waals surface area contributed by atoms with Crippen LogP contribution in [0, 0.1) is 6.92 Å². The van der Waals surface area contributed by atoms with Crippen LogP contribution in [-0.4, -0.2) is 27.5 Å². The molecule has 0 aliphatic carbocycles. The Bertz CT molecular complexity index is 668.